The lowest BCUT2D eigenvalue weighted by Crippen LogP contribution is -2.40. The first-order valence-electron chi connectivity index (χ1n) is 8.25. The molecule has 7 heteroatoms. The maximum absolute atomic E-state index is 6.21. The van der Waals surface area contributed by atoms with Gasteiger partial charge in [-0.2, -0.15) is 0 Å². The van der Waals surface area contributed by atoms with Crippen LogP contribution in [-0.2, 0) is 11.3 Å². The van der Waals surface area contributed by atoms with Gasteiger partial charge < -0.3 is 24.4 Å². The predicted octanol–water partition coefficient (Wildman–Crippen LogP) is 2.50. The summed E-state index contributed by atoms with van der Waals surface area (Å²) in [4.78, 5) is 6.37. The van der Waals surface area contributed by atoms with Crippen LogP contribution >= 0.6 is 11.6 Å². The molecule has 132 valence electrons. The molecule has 1 heterocycles. The highest BCUT2D eigenvalue weighted by Gasteiger charge is 2.21. The Bertz CT molecular complexity index is 605. The van der Waals surface area contributed by atoms with Crippen molar-refractivity contribution in [2.75, 3.05) is 40.6 Å². The summed E-state index contributed by atoms with van der Waals surface area (Å²) in [6.07, 6.45) is 2.63. The van der Waals surface area contributed by atoms with E-state index in [0.29, 0.717) is 29.7 Å². The molecule has 2 aliphatic rings. The van der Waals surface area contributed by atoms with Crippen LogP contribution in [0.2, 0.25) is 5.02 Å². The Labute approximate surface area is 147 Å². The molecule has 3 rings (SSSR count). The van der Waals surface area contributed by atoms with Crippen LogP contribution in [0.1, 0.15) is 18.4 Å². The van der Waals surface area contributed by atoms with E-state index in [1.807, 2.05) is 19.2 Å². The Kier molecular flexibility index (Phi) is 5.68. The molecular weight excluding hydrogens is 330 g/mol. The molecule has 0 radical (unpaired) electrons. The molecule has 1 fully saturated rings. The van der Waals surface area contributed by atoms with E-state index in [-0.39, 0.29) is 6.79 Å². The molecule has 0 atom stereocenters. The van der Waals surface area contributed by atoms with Gasteiger partial charge in [-0.25, -0.2) is 0 Å². The Hall–Kier alpha value is -1.66. The number of nitrogens with one attached hydrogen (secondary N) is 1. The third kappa shape index (κ3) is 4.45. The van der Waals surface area contributed by atoms with Crippen molar-refractivity contribution in [2.24, 2.45) is 10.9 Å². The largest absolute Gasteiger partial charge is 0.454 e. The number of likely N-dealkylation sites (N-methyl/N-ethyl adjacent to an activating group) is 1. The van der Waals surface area contributed by atoms with E-state index in [9.17, 15) is 0 Å². The van der Waals surface area contributed by atoms with Gasteiger partial charge in [0.25, 0.3) is 0 Å². The van der Waals surface area contributed by atoms with Crippen molar-refractivity contribution < 1.29 is 14.2 Å². The number of nitrogens with zero attached hydrogens (tertiary/aromatic N) is 2. The zero-order valence-corrected chi connectivity index (χ0v) is 14.9. The molecule has 1 N–H and O–H groups in total. The van der Waals surface area contributed by atoms with E-state index >= 15 is 0 Å². The number of hydrogen-bond acceptors (Lipinski definition) is 4. The summed E-state index contributed by atoms with van der Waals surface area (Å²) in [7, 11) is 3.78. The van der Waals surface area contributed by atoms with E-state index < -0.39 is 0 Å². The molecule has 0 aromatic heterocycles. The highest BCUT2D eigenvalue weighted by molar-refractivity contribution is 6.32. The Balaban J connectivity index is 1.47. The number of rotatable bonds is 7. The van der Waals surface area contributed by atoms with Crippen LogP contribution in [-0.4, -0.2) is 51.5 Å². The van der Waals surface area contributed by atoms with Gasteiger partial charge in [0.2, 0.25) is 6.79 Å². The van der Waals surface area contributed by atoms with E-state index in [1.165, 1.54) is 12.8 Å². The second-order valence-electron chi connectivity index (χ2n) is 6.15. The standard InChI is InChI=1S/C17H24ClN3O3/c1-19-17(21(2)5-6-22-10-12-3-4-12)20-9-13-7-14(18)16-15(8-13)23-11-24-16/h7-8,12H,3-6,9-11H2,1-2H3,(H,19,20). The van der Waals surface area contributed by atoms with Crippen molar-refractivity contribution in [2.45, 2.75) is 19.4 Å². The average Bonchev–Trinajstić information content (AvgIpc) is 3.27. The SMILES string of the molecule is CN=C(NCc1cc(Cl)c2c(c1)OCO2)N(C)CCOCC1CC1. The molecule has 0 unspecified atom stereocenters. The van der Waals surface area contributed by atoms with Crippen LogP contribution in [0.4, 0.5) is 0 Å². The first kappa shape index (κ1) is 17.2. The monoisotopic (exact) mass is 353 g/mol. The molecule has 1 aromatic carbocycles. The van der Waals surface area contributed by atoms with E-state index in [1.54, 1.807) is 7.05 Å². The second kappa shape index (κ2) is 7.94. The lowest BCUT2D eigenvalue weighted by molar-refractivity contribution is 0.115. The van der Waals surface area contributed by atoms with Crippen molar-refractivity contribution in [3.63, 3.8) is 0 Å². The number of benzene rings is 1. The number of fused-ring (bicyclic) bond motifs is 1. The number of halogens is 1. The fourth-order valence-corrected chi connectivity index (χ4v) is 2.82. The number of guanidine groups is 1. The number of hydrogen-bond donors (Lipinski definition) is 1. The summed E-state index contributed by atoms with van der Waals surface area (Å²) in [5.74, 6) is 2.92. The van der Waals surface area contributed by atoms with Crippen LogP contribution < -0.4 is 14.8 Å². The van der Waals surface area contributed by atoms with Gasteiger partial charge in [0, 0.05) is 33.8 Å². The highest BCUT2D eigenvalue weighted by Crippen LogP contribution is 2.39. The molecule has 0 saturated heterocycles. The molecule has 0 amide bonds. The fraction of sp³-hybridized carbons (Fsp3) is 0.588. The van der Waals surface area contributed by atoms with Crippen molar-refractivity contribution >= 4 is 17.6 Å². The van der Waals surface area contributed by atoms with Gasteiger partial charge in [-0.1, -0.05) is 11.6 Å². The Morgan fingerprint density at radius 1 is 1.42 bits per heavy atom. The van der Waals surface area contributed by atoms with Crippen LogP contribution in [0.15, 0.2) is 17.1 Å². The predicted molar refractivity (Wildman–Crippen MR) is 93.9 cm³/mol. The Morgan fingerprint density at radius 3 is 3.00 bits per heavy atom. The van der Waals surface area contributed by atoms with Gasteiger partial charge in [0.15, 0.2) is 17.5 Å². The molecule has 1 aromatic rings. The first-order chi connectivity index (χ1) is 11.7. The minimum atomic E-state index is 0.219. The quantitative estimate of drug-likeness (QED) is 0.463. The second-order valence-corrected chi connectivity index (χ2v) is 6.56. The van der Waals surface area contributed by atoms with E-state index in [2.05, 4.69) is 15.2 Å². The van der Waals surface area contributed by atoms with Crippen molar-refractivity contribution in [3.8, 4) is 11.5 Å². The normalized spacial score (nSPS) is 16.4. The minimum Gasteiger partial charge on any atom is -0.454 e. The molecular formula is C17H24ClN3O3. The third-order valence-electron chi connectivity index (χ3n) is 4.13. The van der Waals surface area contributed by atoms with Gasteiger partial charge in [0.05, 0.1) is 11.6 Å². The number of aliphatic imine (C=N–C) groups is 1. The summed E-state index contributed by atoms with van der Waals surface area (Å²) in [6, 6.07) is 3.82. The lowest BCUT2D eigenvalue weighted by atomic mass is 10.2. The third-order valence-corrected chi connectivity index (χ3v) is 4.41. The van der Waals surface area contributed by atoms with Crippen LogP contribution in [0.5, 0.6) is 11.5 Å². The van der Waals surface area contributed by atoms with Crippen LogP contribution in [0.25, 0.3) is 0 Å². The van der Waals surface area contributed by atoms with Crippen molar-refractivity contribution in [1.29, 1.82) is 0 Å². The van der Waals surface area contributed by atoms with Crippen molar-refractivity contribution in [1.82, 2.24) is 10.2 Å². The van der Waals surface area contributed by atoms with Crippen LogP contribution in [0.3, 0.4) is 0 Å². The Morgan fingerprint density at radius 2 is 2.25 bits per heavy atom. The smallest absolute Gasteiger partial charge is 0.231 e. The number of ether oxygens (including phenoxy) is 3. The maximum Gasteiger partial charge on any atom is 0.231 e. The van der Waals surface area contributed by atoms with Gasteiger partial charge in [0.1, 0.15) is 0 Å². The highest BCUT2D eigenvalue weighted by atomic mass is 35.5. The first-order valence-corrected chi connectivity index (χ1v) is 8.62. The lowest BCUT2D eigenvalue weighted by Gasteiger charge is -2.22. The minimum absolute atomic E-state index is 0.219. The molecule has 1 aliphatic carbocycles. The zero-order chi connectivity index (χ0) is 16.9. The molecule has 0 spiro atoms. The molecule has 1 saturated carbocycles. The van der Waals surface area contributed by atoms with E-state index in [0.717, 1.165) is 30.6 Å². The van der Waals surface area contributed by atoms with Gasteiger partial charge >= 0.3 is 0 Å². The molecule has 24 heavy (non-hydrogen) atoms. The van der Waals surface area contributed by atoms with Gasteiger partial charge in [-0.3, -0.25) is 4.99 Å². The summed E-state index contributed by atoms with van der Waals surface area (Å²) < 4.78 is 16.4. The van der Waals surface area contributed by atoms with Crippen molar-refractivity contribution in [3.05, 3.63) is 22.7 Å². The molecule has 1 aliphatic heterocycles. The fourth-order valence-electron chi connectivity index (χ4n) is 2.53. The van der Waals surface area contributed by atoms with Gasteiger partial charge in [-0.05, 0) is 36.5 Å². The summed E-state index contributed by atoms with van der Waals surface area (Å²) in [6.45, 7) is 3.22. The molecule has 6 nitrogen and oxygen atoms in total. The average molecular weight is 354 g/mol. The zero-order valence-electron chi connectivity index (χ0n) is 14.2. The summed E-state index contributed by atoms with van der Waals surface area (Å²) >= 11 is 6.21. The van der Waals surface area contributed by atoms with E-state index in [4.69, 9.17) is 25.8 Å². The topological polar surface area (TPSA) is 55.3 Å². The maximum atomic E-state index is 6.21. The van der Waals surface area contributed by atoms with Crippen LogP contribution in [0, 0.1) is 5.92 Å². The van der Waals surface area contributed by atoms with Gasteiger partial charge in [-0.15, -0.1) is 0 Å². The summed E-state index contributed by atoms with van der Waals surface area (Å²) in [5, 5.41) is 3.90. The summed E-state index contributed by atoms with van der Waals surface area (Å²) in [5.41, 5.74) is 1.02. The molecule has 0 bridgehead atoms.